The van der Waals surface area contributed by atoms with Crippen LogP contribution in [0.5, 0.6) is 5.75 Å². The predicted octanol–water partition coefficient (Wildman–Crippen LogP) is 3.31. The molecule has 0 fully saturated rings. The van der Waals surface area contributed by atoms with Gasteiger partial charge < -0.3 is 10.1 Å². The second-order valence-electron chi connectivity index (χ2n) is 6.19. The van der Waals surface area contributed by atoms with Crippen LogP contribution in [-0.2, 0) is 11.3 Å². The summed E-state index contributed by atoms with van der Waals surface area (Å²) in [6, 6.07) is 16.1. The largest absolute Gasteiger partial charge is 0.496 e. The second kappa shape index (κ2) is 8.50. The minimum Gasteiger partial charge on any atom is -0.496 e. The number of nitrogens with zero attached hydrogens (tertiary/aromatic N) is 1. The van der Waals surface area contributed by atoms with Gasteiger partial charge in [-0.1, -0.05) is 48.0 Å². The predicted molar refractivity (Wildman–Crippen MR) is 97.1 cm³/mol. The summed E-state index contributed by atoms with van der Waals surface area (Å²) in [7, 11) is 3.61. The number of hydrogen-bond donors (Lipinski definition) is 1. The monoisotopic (exact) mass is 326 g/mol. The van der Waals surface area contributed by atoms with Gasteiger partial charge in [0.2, 0.25) is 5.91 Å². The van der Waals surface area contributed by atoms with Crippen LogP contribution in [0, 0.1) is 6.92 Å². The van der Waals surface area contributed by atoms with Gasteiger partial charge in [0.1, 0.15) is 5.75 Å². The lowest BCUT2D eigenvalue weighted by molar-refractivity contribution is -0.122. The zero-order valence-corrected chi connectivity index (χ0v) is 14.9. The fraction of sp³-hybridized carbons (Fsp3) is 0.350. The van der Waals surface area contributed by atoms with E-state index in [4.69, 9.17) is 4.74 Å². The molecule has 1 atom stereocenters. The Hall–Kier alpha value is -2.33. The lowest BCUT2D eigenvalue weighted by atomic mass is 10.1. The molecule has 1 N–H and O–H groups in total. The molecule has 0 unspecified atom stereocenters. The lowest BCUT2D eigenvalue weighted by Gasteiger charge is -2.20. The Morgan fingerprint density at radius 2 is 1.92 bits per heavy atom. The minimum absolute atomic E-state index is 0.000561. The van der Waals surface area contributed by atoms with E-state index in [-0.39, 0.29) is 11.9 Å². The maximum atomic E-state index is 12.3. The molecule has 0 aliphatic rings. The van der Waals surface area contributed by atoms with E-state index < -0.39 is 0 Å². The van der Waals surface area contributed by atoms with Gasteiger partial charge in [-0.05, 0) is 32.5 Å². The van der Waals surface area contributed by atoms with Gasteiger partial charge in [-0.15, -0.1) is 0 Å². The van der Waals surface area contributed by atoms with Crippen molar-refractivity contribution in [2.45, 2.75) is 26.4 Å². The number of carbonyl (C=O) groups excluding carboxylic acids is 1. The molecule has 0 heterocycles. The molecule has 1 amide bonds. The van der Waals surface area contributed by atoms with Gasteiger partial charge in [-0.3, -0.25) is 9.69 Å². The Bertz CT molecular complexity index is 671. The normalized spacial score (nSPS) is 12.0. The Labute approximate surface area is 144 Å². The third kappa shape index (κ3) is 5.10. The smallest absolute Gasteiger partial charge is 0.234 e. The average molecular weight is 326 g/mol. The van der Waals surface area contributed by atoms with Crippen molar-refractivity contribution >= 4 is 5.91 Å². The van der Waals surface area contributed by atoms with E-state index in [1.54, 1.807) is 7.11 Å². The van der Waals surface area contributed by atoms with Gasteiger partial charge in [0.05, 0.1) is 19.7 Å². The first-order chi connectivity index (χ1) is 11.5. The van der Waals surface area contributed by atoms with Crippen LogP contribution >= 0.6 is 0 Å². The number of rotatable bonds is 7. The Morgan fingerprint density at radius 3 is 2.58 bits per heavy atom. The van der Waals surface area contributed by atoms with Crippen LogP contribution in [0.25, 0.3) is 0 Å². The zero-order chi connectivity index (χ0) is 17.5. The highest BCUT2D eigenvalue weighted by Crippen LogP contribution is 2.21. The molecule has 0 radical (unpaired) electrons. The van der Waals surface area contributed by atoms with Crippen molar-refractivity contribution in [1.29, 1.82) is 0 Å². The topological polar surface area (TPSA) is 41.6 Å². The van der Waals surface area contributed by atoms with Crippen LogP contribution in [0.15, 0.2) is 48.5 Å². The van der Waals surface area contributed by atoms with Crippen LogP contribution in [0.3, 0.4) is 0 Å². The van der Waals surface area contributed by atoms with Crippen LogP contribution < -0.4 is 10.1 Å². The Kier molecular flexibility index (Phi) is 6.38. The van der Waals surface area contributed by atoms with Crippen molar-refractivity contribution < 1.29 is 9.53 Å². The molecular weight excluding hydrogens is 300 g/mol. The number of hydrogen-bond acceptors (Lipinski definition) is 3. The van der Waals surface area contributed by atoms with Gasteiger partial charge >= 0.3 is 0 Å². The van der Waals surface area contributed by atoms with Crippen molar-refractivity contribution in [3.63, 3.8) is 0 Å². The fourth-order valence-electron chi connectivity index (χ4n) is 2.73. The van der Waals surface area contributed by atoms with Crippen molar-refractivity contribution in [2.75, 3.05) is 20.7 Å². The highest BCUT2D eigenvalue weighted by atomic mass is 16.5. The minimum atomic E-state index is 0.000561. The molecule has 0 saturated heterocycles. The van der Waals surface area contributed by atoms with E-state index in [1.165, 1.54) is 5.56 Å². The van der Waals surface area contributed by atoms with E-state index in [0.29, 0.717) is 13.1 Å². The molecule has 0 aliphatic heterocycles. The summed E-state index contributed by atoms with van der Waals surface area (Å²) < 4.78 is 5.40. The molecule has 4 nitrogen and oxygen atoms in total. The van der Waals surface area contributed by atoms with Gasteiger partial charge in [-0.25, -0.2) is 0 Å². The molecule has 4 heteroatoms. The van der Waals surface area contributed by atoms with Crippen LogP contribution in [0.1, 0.15) is 29.7 Å². The third-order valence-corrected chi connectivity index (χ3v) is 3.97. The molecule has 0 spiro atoms. The number of ether oxygens (including phenoxy) is 1. The standard InChI is InChI=1S/C20H26N2O2/c1-15-10-11-19(24-4)18(12-15)13-22(3)14-20(23)21-16(2)17-8-6-5-7-9-17/h5-12,16H,13-14H2,1-4H3,(H,21,23)/t16-/m1/s1. The van der Waals surface area contributed by atoms with Crippen LogP contribution in [-0.4, -0.2) is 31.5 Å². The van der Waals surface area contributed by atoms with Crippen molar-refractivity contribution in [3.8, 4) is 5.75 Å². The molecule has 2 aromatic rings. The molecule has 2 rings (SSSR count). The van der Waals surface area contributed by atoms with Gasteiger partial charge in [0.15, 0.2) is 0 Å². The number of amides is 1. The van der Waals surface area contributed by atoms with Gasteiger partial charge in [-0.2, -0.15) is 0 Å². The summed E-state index contributed by atoms with van der Waals surface area (Å²) in [5, 5.41) is 3.04. The Balaban J connectivity index is 1.91. The first-order valence-corrected chi connectivity index (χ1v) is 8.16. The molecule has 0 aliphatic carbocycles. The first kappa shape index (κ1) is 18.0. The van der Waals surface area contributed by atoms with E-state index in [9.17, 15) is 4.79 Å². The number of carbonyl (C=O) groups is 1. The maximum Gasteiger partial charge on any atom is 0.234 e. The number of nitrogens with one attached hydrogen (secondary N) is 1. The average Bonchev–Trinajstić information content (AvgIpc) is 2.55. The zero-order valence-electron chi connectivity index (χ0n) is 14.9. The summed E-state index contributed by atoms with van der Waals surface area (Å²) in [4.78, 5) is 14.3. The first-order valence-electron chi connectivity index (χ1n) is 8.16. The molecular formula is C20H26N2O2. The van der Waals surface area contributed by atoms with Crippen molar-refractivity contribution in [1.82, 2.24) is 10.2 Å². The SMILES string of the molecule is COc1ccc(C)cc1CN(C)CC(=O)N[C@H](C)c1ccccc1. The summed E-state index contributed by atoms with van der Waals surface area (Å²) in [6.45, 7) is 5.06. The molecule has 128 valence electrons. The molecule has 2 aromatic carbocycles. The Morgan fingerprint density at radius 1 is 1.21 bits per heavy atom. The highest BCUT2D eigenvalue weighted by molar-refractivity contribution is 5.78. The van der Waals surface area contributed by atoms with E-state index >= 15 is 0 Å². The molecule has 24 heavy (non-hydrogen) atoms. The van der Waals surface area contributed by atoms with Crippen molar-refractivity contribution in [2.24, 2.45) is 0 Å². The second-order valence-corrected chi connectivity index (χ2v) is 6.19. The summed E-state index contributed by atoms with van der Waals surface area (Å²) in [6.07, 6.45) is 0. The van der Waals surface area contributed by atoms with E-state index in [2.05, 4.69) is 18.3 Å². The fourth-order valence-corrected chi connectivity index (χ4v) is 2.73. The third-order valence-electron chi connectivity index (χ3n) is 3.97. The van der Waals surface area contributed by atoms with Crippen LogP contribution in [0.4, 0.5) is 0 Å². The van der Waals surface area contributed by atoms with Crippen molar-refractivity contribution in [3.05, 3.63) is 65.2 Å². The number of aryl methyl sites for hydroxylation is 1. The summed E-state index contributed by atoms with van der Waals surface area (Å²) >= 11 is 0. The number of likely N-dealkylation sites (N-methyl/N-ethyl adjacent to an activating group) is 1. The summed E-state index contributed by atoms with van der Waals surface area (Å²) in [5.74, 6) is 0.867. The van der Waals surface area contributed by atoms with Crippen LogP contribution in [0.2, 0.25) is 0 Å². The van der Waals surface area contributed by atoms with Gasteiger partial charge in [0.25, 0.3) is 0 Å². The number of methoxy groups -OCH3 is 1. The highest BCUT2D eigenvalue weighted by Gasteiger charge is 2.13. The lowest BCUT2D eigenvalue weighted by Crippen LogP contribution is -2.36. The quantitative estimate of drug-likeness (QED) is 0.849. The maximum absolute atomic E-state index is 12.3. The van der Waals surface area contributed by atoms with E-state index in [0.717, 1.165) is 16.9 Å². The number of benzene rings is 2. The van der Waals surface area contributed by atoms with Gasteiger partial charge in [0, 0.05) is 12.1 Å². The molecule has 0 saturated carbocycles. The molecule has 0 aromatic heterocycles. The summed E-state index contributed by atoms with van der Waals surface area (Å²) in [5.41, 5.74) is 3.37. The molecule has 0 bridgehead atoms. The van der Waals surface area contributed by atoms with E-state index in [1.807, 2.05) is 61.3 Å².